The molecular weight excluding hydrogens is 596 g/mol. The van der Waals surface area contributed by atoms with E-state index in [4.69, 9.17) is 13.9 Å². The molecule has 1 aliphatic rings. The molecule has 1 amide bonds. The lowest BCUT2D eigenvalue weighted by atomic mass is 10.00. The minimum absolute atomic E-state index is 0.0790. The molecule has 242 valence electrons. The fourth-order valence-electron chi connectivity index (χ4n) is 5.28. The predicted octanol–water partition coefficient (Wildman–Crippen LogP) is 8.42. The van der Waals surface area contributed by atoms with Crippen molar-refractivity contribution in [1.82, 2.24) is 10.2 Å². The molecule has 1 aliphatic heterocycles. The maximum atomic E-state index is 13.6. The highest BCUT2D eigenvalue weighted by Gasteiger charge is 2.21. The van der Waals surface area contributed by atoms with Crippen molar-refractivity contribution >= 4 is 35.1 Å². The number of fused-ring (bicyclic) bond motifs is 1. The Morgan fingerprint density at radius 1 is 1.00 bits per heavy atom. The molecule has 0 radical (unpaired) electrons. The number of carbonyl (C=O) groups is 1. The highest BCUT2D eigenvalue weighted by Crippen LogP contribution is 2.34. The van der Waals surface area contributed by atoms with E-state index < -0.39 is 0 Å². The SMILES string of the molecule is CCCCOCCOc1ccc(-c2ccc3c(c2)C=C(C(=O)Nc2ccc(SCc4nnc(C)o4)cc2)CCN3CC(C)C)cc1. The van der Waals surface area contributed by atoms with Gasteiger partial charge in [0.15, 0.2) is 0 Å². The third-order valence-electron chi connectivity index (χ3n) is 7.59. The van der Waals surface area contributed by atoms with Crippen LogP contribution < -0.4 is 15.0 Å². The van der Waals surface area contributed by atoms with Crippen LogP contribution >= 0.6 is 11.8 Å². The van der Waals surface area contributed by atoms with Gasteiger partial charge in [-0.15, -0.1) is 22.0 Å². The van der Waals surface area contributed by atoms with Gasteiger partial charge in [-0.05, 0) is 90.1 Å². The topological polar surface area (TPSA) is 89.7 Å². The molecule has 3 aromatic carbocycles. The average molecular weight is 641 g/mol. The second-order valence-electron chi connectivity index (χ2n) is 11.9. The van der Waals surface area contributed by atoms with E-state index in [1.165, 1.54) is 0 Å². The number of aromatic nitrogens is 2. The van der Waals surface area contributed by atoms with Gasteiger partial charge in [0.1, 0.15) is 12.4 Å². The molecule has 0 bridgehead atoms. The van der Waals surface area contributed by atoms with E-state index in [0.717, 1.165) is 76.8 Å². The van der Waals surface area contributed by atoms with Crippen molar-refractivity contribution in [2.75, 3.05) is 43.1 Å². The first kappa shape index (κ1) is 33.3. The molecule has 0 saturated heterocycles. The number of rotatable bonds is 15. The van der Waals surface area contributed by atoms with Crippen molar-refractivity contribution in [2.24, 2.45) is 5.92 Å². The van der Waals surface area contributed by atoms with E-state index in [1.807, 2.05) is 36.4 Å². The molecule has 0 aliphatic carbocycles. The van der Waals surface area contributed by atoms with Crippen LogP contribution in [0.25, 0.3) is 17.2 Å². The summed E-state index contributed by atoms with van der Waals surface area (Å²) >= 11 is 1.61. The lowest BCUT2D eigenvalue weighted by Gasteiger charge is -2.27. The zero-order valence-electron chi connectivity index (χ0n) is 27.3. The molecule has 5 rings (SSSR count). The van der Waals surface area contributed by atoms with Gasteiger partial charge in [-0.25, -0.2) is 0 Å². The summed E-state index contributed by atoms with van der Waals surface area (Å²) in [4.78, 5) is 17.0. The lowest BCUT2D eigenvalue weighted by molar-refractivity contribution is -0.112. The normalized spacial score (nSPS) is 12.9. The molecule has 0 unspecified atom stereocenters. The van der Waals surface area contributed by atoms with Gasteiger partial charge in [0, 0.05) is 48.5 Å². The first-order valence-electron chi connectivity index (χ1n) is 16.1. The van der Waals surface area contributed by atoms with Crippen LogP contribution in [0.2, 0.25) is 0 Å². The summed E-state index contributed by atoms with van der Waals surface area (Å²) in [6.45, 7) is 12.0. The van der Waals surface area contributed by atoms with Crippen molar-refractivity contribution in [1.29, 1.82) is 0 Å². The maximum Gasteiger partial charge on any atom is 0.251 e. The second-order valence-corrected chi connectivity index (χ2v) is 12.9. The molecule has 8 nitrogen and oxygen atoms in total. The smallest absolute Gasteiger partial charge is 0.251 e. The molecular formula is C37H44N4O4S. The average Bonchev–Trinajstić information content (AvgIpc) is 3.39. The third kappa shape index (κ3) is 9.47. The van der Waals surface area contributed by atoms with Crippen LogP contribution in [0.1, 0.15) is 57.4 Å². The Kier molecular flexibility index (Phi) is 11.9. The molecule has 1 N–H and O–H groups in total. The number of hydrogen-bond donors (Lipinski definition) is 1. The minimum atomic E-state index is -0.0790. The van der Waals surface area contributed by atoms with Crippen molar-refractivity contribution in [2.45, 2.75) is 57.6 Å². The maximum absolute atomic E-state index is 13.6. The lowest BCUT2D eigenvalue weighted by Crippen LogP contribution is -2.29. The van der Waals surface area contributed by atoms with Gasteiger partial charge in [0.2, 0.25) is 11.8 Å². The van der Waals surface area contributed by atoms with Gasteiger partial charge in [-0.3, -0.25) is 4.79 Å². The summed E-state index contributed by atoms with van der Waals surface area (Å²) in [6.07, 6.45) is 4.92. The summed E-state index contributed by atoms with van der Waals surface area (Å²) in [5.74, 6) is 3.00. The van der Waals surface area contributed by atoms with Crippen LogP contribution in [-0.2, 0) is 15.3 Å². The van der Waals surface area contributed by atoms with Crippen molar-refractivity contribution in [3.8, 4) is 16.9 Å². The zero-order valence-corrected chi connectivity index (χ0v) is 28.1. The molecule has 4 aromatic rings. The number of anilines is 2. The zero-order chi connectivity index (χ0) is 32.3. The number of amides is 1. The molecule has 9 heteroatoms. The van der Waals surface area contributed by atoms with Crippen molar-refractivity contribution in [3.63, 3.8) is 0 Å². The predicted molar refractivity (Wildman–Crippen MR) is 186 cm³/mol. The molecule has 0 fully saturated rings. The van der Waals surface area contributed by atoms with Crippen LogP contribution in [0, 0.1) is 12.8 Å². The third-order valence-corrected chi connectivity index (χ3v) is 8.59. The first-order valence-corrected chi connectivity index (χ1v) is 17.1. The van der Waals surface area contributed by atoms with Crippen LogP contribution in [0.15, 0.2) is 81.6 Å². The number of hydrogen-bond acceptors (Lipinski definition) is 8. The van der Waals surface area contributed by atoms with E-state index in [2.05, 4.69) is 77.6 Å². The number of carbonyl (C=O) groups excluding carboxylic acids is 1. The minimum Gasteiger partial charge on any atom is -0.491 e. The molecule has 1 aromatic heterocycles. The van der Waals surface area contributed by atoms with Crippen molar-refractivity contribution < 1.29 is 18.7 Å². The number of nitrogens with zero attached hydrogens (tertiary/aromatic N) is 3. The Labute approximate surface area is 276 Å². The number of benzene rings is 3. The fraction of sp³-hybridized carbons (Fsp3) is 0.378. The highest BCUT2D eigenvalue weighted by molar-refractivity contribution is 7.98. The van der Waals surface area contributed by atoms with Crippen molar-refractivity contribution in [3.05, 3.63) is 89.6 Å². The van der Waals surface area contributed by atoms with Crippen LogP contribution in [-0.4, -0.2) is 49.0 Å². The van der Waals surface area contributed by atoms with Crippen LogP contribution in [0.3, 0.4) is 0 Å². The molecule has 0 atom stereocenters. The number of thioether (sulfide) groups is 1. The van der Waals surface area contributed by atoms with E-state index in [-0.39, 0.29) is 5.91 Å². The van der Waals surface area contributed by atoms with Gasteiger partial charge in [-0.2, -0.15) is 0 Å². The number of ether oxygens (including phenoxy) is 2. The fourth-order valence-corrected chi connectivity index (χ4v) is 6.02. The van der Waals surface area contributed by atoms with Gasteiger partial charge < -0.3 is 24.1 Å². The summed E-state index contributed by atoms with van der Waals surface area (Å²) in [5.41, 5.74) is 5.92. The quantitative estimate of drug-likeness (QED) is 0.102. The number of unbranched alkanes of at least 4 members (excludes halogenated alkanes) is 1. The Bertz CT molecular complexity index is 1600. The van der Waals surface area contributed by atoms with Gasteiger partial charge in [-0.1, -0.05) is 45.4 Å². The van der Waals surface area contributed by atoms with E-state index >= 15 is 0 Å². The van der Waals surface area contributed by atoms with Crippen LogP contribution in [0.5, 0.6) is 5.75 Å². The molecule has 46 heavy (non-hydrogen) atoms. The standard InChI is InChI=1S/C37H44N4O4S/c1-5-6-19-43-20-21-44-33-12-7-28(8-13-33)29-9-16-35-31(22-29)23-30(17-18-41(35)24-26(2)3)37(42)38-32-10-14-34(15-11-32)46-25-36-40-39-27(4)45-36/h7-16,22-23,26H,5-6,17-21,24-25H2,1-4H3,(H,38,42). The van der Waals surface area contributed by atoms with E-state index in [0.29, 0.717) is 43.1 Å². The summed E-state index contributed by atoms with van der Waals surface area (Å²) in [6, 6.07) is 22.6. The van der Waals surface area contributed by atoms with E-state index in [1.54, 1.807) is 18.7 Å². The monoisotopic (exact) mass is 640 g/mol. The van der Waals surface area contributed by atoms with Gasteiger partial charge in [0.05, 0.1) is 12.4 Å². The van der Waals surface area contributed by atoms with E-state index in [9.17, 15) is 4.79 Å². The first-order chi connectivity index (χ1) is 22.4. The Morgan fingerprint density at radius 3 is 2.50 bits per heavy atom. The molecule has 0 spiro atoms. The Balaban J connectivity index is 1.27. The summed E-state index contributed by atoms with van der Waals surface area (Å²) < 4.78 is 16.9. The molecule has 2 heterocycles. The highest BCUT2D eigenvalue weighted by atomic mass is 32.2. The summed E-state index contributed by atoms with van der Waals surface area (Å²) in [7, 11) is 0. The number of nitrogens with one attached hydrogen (secondary N) is 1. The van der Waals surface area contributed by atoms with Crippen LogP contribution in [0.4, 0.5) is 11.4 Å². The second kappa shape index (κ2) is 16.5. The largest absolute Gasteiger partial charge is 0.491 e. The number of aryl methyl sites for hydroxylation is 1. The summed E-state index contributed by atoms with van der Waals surface area (Å²) in [5, 5.41) is 11.0. The Morgan fingerprint density at radius 2 is 1.78 bits per heavy atom. The molecule has 0 saturated carbocycles. The van der Waals surface area contributed by atoms with Gasteiger partial charge in [0.25, 0.3) is 5.91 Å². The van der Waals surface area contributed by atoms with Gasteiger partial charge >= 0.3 is 0 Å². The Hall–Kier alpha value is -4.08.